The van der Waals surface area contributed by atoms with Gasteiger partial charge >= 0.3 is 6.18 Å². The van der Waals surface area contributed by atoms with Crippen LogP contribution in [-0.4, -0.2) is 29.2 Å². The van der Waals surface area contributed by atoms with E-state index in [2.05, 4.69) is 10.1 Å². The summed E-state index contributed by atoms with van der Waals surface area (Å²) in [4.78, 5) is 3.33. The number of aromatic nitrogens is 3. The minimum atomic E-state index is -4.92. The highest BCUT2D eigenvalue weighted by atomic mass is 32.2. The van der Waals surface area contributed by atoms with E-state index in [4.69, 9.17) is 0 Å². The standard InChI is InChI=1S/C14H10F4N4O2S/c15-10-3-1-9(2-4-10)13(14(16,17)18)21-25(23,24)11-7-19-12-5-6-20-22(12)8-11/h1-8,13,21H. The number of benzene rings is 1. The van der Waals surface area contributed by atoms with E-state index in [9.17, 15) is 26.0 Å². The van der Waals surface area contributed by atoms with Crippen molar-refractivity contribution in [2.45, 2.75) is 17.1 Å². The highest BCUT2D eigenvalue weighted by Crippen LogP contribution is 2.34. The van der Waals surface area contributed by atoms with Gasteiger partial charge in [-0.25, -0.2) is 22.3 Å². The maximum Gasteiger partial charge on any atom is 0.408 e. The minimum absolute atomic E-state index is 0.338. The molecule has 11 heteroatoms. The number of rotatable bonds is 4. The zero-order valence-electron chi connectivity index (χ0n) is 12.3. The first-order chi connectivity index (χ1) is 11.7. The second-order valence-electron chi connectivity index (χ2n) is 5.07. The van der Waals surface area contributed by atoms with Crippen LogP contribution in [0.15, 0.2) is 53.8 Å². The summed E-state index contributed by atoms with van der Waals surface area (Å²) in [5.74, 6) is -0.735. The summed E-state index contributed by atoms with van der Waals surface area (Å²) >= 11 is 0. The summed E-state index contributed by atoms with van der Waals surface area (Å²) in [6.07, 6.45) is -1.59. The molecule has 132 valence electrons. The normalized spacial score (nSPS) is 13.9. The largest absolute Gasteiger partial charge is 0.408 e. The van der Waals surface area contributed by atoms with Crippen LogP contribution in [0.25, 0.3) is 5.65 Å². The van der Waals surface area contributed by atoms with E-state index in [1.165, 1.54) is 12.3 Å². The lowest BCUT2D eigenvalue weighted by Crippen LogP contribution is -2.38. The van der Waals surface area contributed by atoms with Crippen molar-refractivity contribution in [1.29, 1.82) is 0 Å². The number of hydrogen-bond acceptors (Lipinski definition) is 4. The van der Waals surface area contributed by atoms with Gasteiger partial charge in [0, 0.05) is 6.07 Å². The van der Waals surface area contributed by atoms with E-state index in [1.54, 1.807) is 4.72 Å². The van der Waals surface area contributed by atoms with E-state index in [1.807, 2.05) is 0 Å². The van der Waals surface area contributed by atoms with Gasteiger partial charge in [-0.15, -0.1) is 0 Å². The molecule has 0 fully saturated rings. The van der Waals surface area contributed by atoms with Crippen LogP contribution in [0.3, 0.4) is 0 Å². The Hall–Kier alpha value is -2.53. The van der Waals surface area contributed by atoms with Crippen molar-refractivity contribution in [1.82, 2.24) is 19.3 Å². The summed E-state index contributed by atoms with van der Waals surface area (Å²) in [7, 11) is -4.56. The molecule has 0 radical (unpaired) electrons. The maximum absolute atomic E-state index is 13.3. The van der Waals surface area contributed by atoms with Crippen molar-refractivity contribution in [3.63, 3.8) is 0 Å². The van der Waals surface area contributed by atoms with Crippen LogP contribution in [0.4, 0.5) is 17.6 Å². The van der Waals surface area contributed by atoms with Crippen LogP contribution in [0, 0.1) is 5.82 Å². The van der Waals surface area contributed by atoms with E-state index in [0.717, 1.165) is 41.2 Å². The zero-order chi connectivity index (χ0) is 18.2. The van der Waals surface area contributed by atoms with E-state index in [0.29, 0.717) is 5.65 Å². The molecule has 0 aliphatic rings. The average Bonchev–Trinajstić information content (AvgIpc) is 3.00. The molecule has 1 aromatic carbocycles. The van der Waals surface area contributed by atoms with Crippen LogP contribution in [0.5, 0.6) is 0 Å². The number of hydrogen-bond donors (Lipinski definition) is 1. The SMILES string of the molecule is O=S(=O)(NC(c1ccc(F)cc1)C(F)(F)F)c1cnc2ccnn2c1. The molecule has 0 spiro atoms. The van der Waals surface area contributed by atoms with Crippen molar-refractivity contribution >= 4 is 15.7 Å². The number of nitrogens with one attached hydrogen (secondary N) is 1. The van der Waals surface area contributed by atoms with Crippen molar-refractivity contribution in [2.75, 3.05) is 0 Å². The lowest BCUT2D eigenvalue weighted by atomic mass is 10.1. The van der Waals surface area contributed by atoms with Gasteiger partial charge in [0.25, 0.3) is 0 Å². The maximum atomic E-state index is 13.3. The van der Waals surface area contributed by atoms with Gasteiger partial charge in [-0.2, -0.15) is 23.0 Å². The fourth-order valence-corrected chi connectivity index (χ4v) is 3.28. The highest BCUT2D eigenvalue weighted by molar-refractivity contribution is 7.89. The van der Waals surface area contributed by atoms with Crippen LogP contribution in [0.2, 0.25) is 0 Å². The number of sulfonamides is 1. The Kier molecular flexibility index (Phi) is 4.21. The molecule has 6 nitrogen and oxygen atoms in total. The molecule has 1 atom stereocenters. The third-order valence-corrected chi connectivity index (χ3v) is 4.71. The molecule has 3 rings (SSSR count). The number of fused-ring (bicyclic) bond motifs is 1. The van der Waals surface area contributed by atoms with Gasteiger partial charge in [-0.3, -0.25) is 0 Å². The predicted octanol–water partition coefficient (Wildman–Crippen LogP) is 2.45. The summed E-state index contributed by atoms with van der Waals surface area (Å²) < 4.78 is 80.2. The third-order valence-electron chi connectivity index (χ3n) is 3.34. The molecule has 0 saturated carbocycles. The molecular formula is C14H10F4N4O2S. The Bertz CT molecular complexity index is 1000. The third kappa shape index (κ3) is 3.61. The van der Waals surface area contributed by atoms with E-state index in [-0.39, 0.29) is 0 Å². The Morgan fingerprint density at radius 1 is 1.12 bits per heavy atom. The van der Waals surface area contributed by atoms with Gasteiger partial charge in [0.15, 0.2) is 5.65 Å². The van der Waals surface area contributed by atoms with Gasteiger partial charge in [0.2, 0.25) is 10.0 Å². The molecule has 0 aliphatic carbocycles. The van der Waals surface area contributed by atoms with Crippen LogP contribution >= 0.6 is 0 Å². The van der Waals surface area contributed by atoms with Gasteiger partial charge in [-0.1, -0.05) is 12.1 Å². The number of nitrogens with zero attached hydrogens (tertiary/aromatic N) is 3. The van der Waals surface area contributed by atoms with Crippen molar-refractivity contribution in [3.8, 4) is 0 Å². The van der Waals surface area contributed by atoms with E-state index < -0.39 is 38.5 Å². The topological polar surface area (TPSA) is 76.4 Å². The molecule has 0 aliphatic heterocycles. The van der Waals surface area contributed by atoms with Crippen molar-refractivity contribution in [2.24, 2.45) is 0 Å². The molecule has 0 bridgehead atoms. The monoisotopic (exact) mass is 374 g/mol. The molecule has 2 aromatic heterocycles. The second kappa shape index (κ2) is 6.08. The Balaban J connectivity index is 1.98. The van der Waals surface area contributed by atoms with Crippen LogP contribution in [-0.2, 0) is 10.0 Å². The molecule has 0 saturated heterocycles. The first-order valence-corrected chi connectivity index (χ1v) is 8.29. The van der Waals surface area contributed by atoms with Crippen LogP contribution in [0.1, 0.15) is 11.6 Å². The van der Waals surface area contributed by atoms with Gasteiger partial charge < -0.3 is 0 Å². The Labute approximate surface area is 139 Å². The molecule has 2 heterocycles. The molecule has 0 amide bonds. The summed E-state index contributed by atoms with van der Waals surface area (Å²) in [5, 5.41) is 3.79. The molecule has 25 heavy (non-hydrogen) atoms. The van der Waals surface area contributed by atoms with Gasteiger partial charge in [0.1, 0.15) is 16.8 Å². The molecule has 3 aromatic rings. The summed E-state index contributed by atoms with van der Waals surface area (Å²) in [6.45, 7) is 0. The quantitative estimate of drug-likeness (QED) is 0.712. The smallest absolute Gasteiger partial charge is 0.236 e. The van der Waals surface area contributed by atoms with Crippen molar-refractivity contribution in [3.05, 3.63) is 60.3 Å². The first kappa shape index (κ1) is 17.3. The van der Waals surface area contributed by atoms with Crippen molar-refractivity contribution < 1.29 is 26.0 Å². The first-order valence-electron chi connectivity index (χ1n) is 6.81. The van der Waals surface area contributed by atoms with Gasteiger partial charge in [-0.05, 0) is 17.7 Å². The summed E-state index contributed by atoms with van der Waals surface area (Å²) in [6, 6.07) is 2.34. The predicted molar refractivity (Wildman–Crippen MR) is 78.5 cm³/mol. The Morgan fingerprint density at radius 2 is 1.80 bits per heavy atom. The van der Waals surface area contributed by atoms with Gasteiger partial charge in [0.05, 0.1) is 18.6 Å². The fraction of sp³-hybridized carbons (Fsp3) is 0.143. The minimum Gasteiger partial charge on any atom is -0.236 e. The Morgan fingerprint density at radius 3 is 2.44 bits per heavy atom. The zero-order valence-corrected chi connectivity index (χ0v) is 13.1. The number of halogens is 4. The molecular weight excluding hydrogens is 364 g/mol. The summed E-state index contributed by atoms with van der Waals surface area (Å²) in [5.41, 5.74) is -0.101. The van der Waals surface area contributed by atoms with E-state index >= 15 is 0 Å². The lowest BCUT2D eigenvalue weighted by molar-refractivity contribution is -0.153. The fourth-order valence-electron chi connectivity index (χ4n) is 2.13. The average molecular weight is 374 g/mol. The number of alkyl halides is 3. The highest BCUT2D eigenvalue weighted by Gasteiger charge is 2.43. The lowest BCUT2D eigenvalue weighted by Gasteiger charge is -2.22. The molecule has 1 N–H and O–H groups in total. The second-order valence-corrected chi connectivity index (χ2v) is 6.79. The molecule has 1 unspecified atom stereocenters. The van der Waals surface area contributed by atoms with Crippen LogP contribution < -0.4 is 4.72 Å².